The van der Waals surface area contributed by atoms with Crippen molar-refractivity contribution in [2.45, 2.75) is 13.0 Å². The Kier molecular flexibility index (Phi) is 6.06. The van der Waals surface area contributed by atoms with Crippen molar-refractivity contribution in [2.24, 2.45) is 0 Å². The van der Waals surface area contributed by atoms with Crippen molar-refractivity contribution in [1.82, 2.24) is 0 Å². The van der Waals surface area contributed by atoms with E-state index in [0.29, 0.717) is 27.0 Å². The molecule has 24 heavy (non-hydrogen) atoms. The molecule has 2 aromatic carbocycles. The second kappa shape index (κ2) is 8.04. The Bertz CT molecular complexity index is 747. The van der Waals surface area contributed by atoms with Crippen LogP contribution in [0.4, 0.5) is 5.69 Å². The van der Waals surface area contributed by atoms with Gasteiger partial charge < -0.3 is 14.8 Å². The Morgan fingerprint density at radius 2 is 1.71 bits per heavy atom. The van der Waals surface area contributed by atoms with Gasteiger partial charge in [0.25, 0.3) is 5.91 Å². The van der Waals surface area contributed by atoms with E-state index in [9.17, 15) is 9.59 Å². The molecule has 0 aliphatic rings. The molecule has 0 fully saturated rings. The smallest absolute Gasteiger partial charge is 0.337 e. The Balaban J connectivity index is 1.98. The highest BCUT2D eigenvalue weighted by molar-refractivity contribution is 6.42. The van der Waals surface area contributed by atoms with E-state index in [4.69, 9.17) is 27.9 Å². The molecule has 1 N–H and O–H groups in total. The van der Waals surface area contributed by atoms with Crippen molar-refractivity contribution in [3.05, 3.63) is 58.1 Å². The van der Waals surface area contributed by atoms with Crippen LogP contribution in [0.5, 0.6) is 5.75 Å². The van der Waals surface area contributed by atoms with E-state index in [1.165, 1.54) is 7.11 Å². The number of carbonyl (C=O) groups excluding carboxylic acids is 2. The van der Waals surface area contributed by atoms with Gasteiger partial charge in [-0.05, 0) is 43.3 Å². The van der Waals surface area contributed by atoms with E-state index >= 15 is 0 Å². The molecule has 1 amide bonds. The first-order valence-electron chi connectivity index (χ1n) is 7.01. The van der Waals surface area contributed by atoms with Gasteiger partial charge >= 0.3 is 5.97 Å². The highest BCUT2D eigenvalue weighted by Gasteiger charge is 2.16. The molecule has 0 saturated carbocycles. The molecule has 0 saturated heterocycles. The van der Waals surface area contributed by atoms with Crippen LogP contribution in [0.3, 0.4) is 0 Å². The fourth-order valence-corrected chi connectivity index (χ4v) is 2.15. The van der Waals surface area contributed by atoms with E-state index in [1.54, 1.807) is 49.4 Å². The van der Waals surface area contributed by atoms with E-state index in [-0.39, 0.29) is 5.91 Å². The number of benzene rings is 2. The van der Waals surface area contributed by atoms with Crippen LogP contribution in [0.25, 0.3) is 0 Å². The minimum atomic E-state index is -0.748. The molecule has 1 unspecified atom stereocenters. The summed E-state index contributed by atoms with van der Waals surface area (Å²) in [7, 11) is 1.31. The van der Waals surface area contributed by atoms with Crippen LogP contribution in [0.15, 0.2) is 42.5 Å². The van der Waals surface area contributed by atoms with Gasteiger partial charge in [-0.1, -0.05) is 23.2 Å². The molecule has 0 aromatic heterocycles. The summed E-state index contributed by atoms with van der Waals surface area (Å²) >= 11 is 11.7. The summed E-state index contributed by atoms with van der Waals surface area (Å²) in [6.07, 6.45) is -0.748. The normalized spacial score (nSPS) is 11.5. The van der Waals surface area contributed by atoms with Crippen LogP contribution in [0.1, 0.15) is 17.3 Å². The molecule has 126 valence electrons. The zero-order chi connectivity index (χ0) is 17.7. The molecule has 2 rings (SSSR count). The fraction of sp³-hybridized carbons (Fsp3) is 0.176. The van der Waals surface area contributed by atoms with Crippen LogP contribution in [-0.4, -0.2) is 25.1 Å². The molecule has 1 atom stereocenters. The average molecular weight is 368 g/mol. The fourth-order valence-electron chi connectivity index (χ4n) is 1.86. The number of esters is 1. The van der Waals surface area contributed by atoms with Crippen LogP contribution in [0.2, 0.25) is 10.0 Å². The molecule has 0 heterocycles. The summed E-state index contributed by atoms with van der Waals surface area (Å²) in [5, 5.41) is 3.45. The molecule has 7 heteroatoms. The summed E-state index contributed by atoms with van der Waals surface area (Å²) in [4.78, 5) is 23.5. The molecule has 0 aliphatic heterocycles. The Morgan fingerprint density at radius 3 is 2.29 bits per heavy atom. The molecule has 0 bridgehead atoms. The van der Waals surface area contributed by atoms with Crippen molar-refractivity contribution < 1.29 is 19.1 Å². The maximum atomic E-state index is 12.2. The molecule has 0 spiro atoms. The first-order chi connectivity index (χ1) is 11.4. The lowest BCUT2D eigenvalue weighted by Gasteiger charge is -2.15. The average Bonchev–Trinajstić information content (AvgIpc) is 2.58. The van der Waals surface area contributed by atoms with Gasteiger partial charge in [0.1, 0.15) is 5.75 Å². The van der Waals surface area contributed by atoms with Gasteiger partial charge in [0, 0.05) is 11.8 Å². The molecule has 0 radical (unpaired) electrons. The van der Waals surface area contributed by atoms with E-state index in [1.807, 2.05) is 0 Å². The SMILES string of the molecule is COC(=O)c1ccc(NC(=O)C(C)Oc2ccc(Cl)c(Cl)c2)cc1. The molecular weight excluding hydrogens is 353 g/mol. The van der Waals surface area contributed by atoms with Crippen molar-refractivity contribution in [2.75, 3.05) is 12.4 Å². The largest absolute Gasteiger partial charge is 0.481 e. The summed E-state index contributed by atoms with van der Waals surface area (Å²) in [5.41, 5.74) is 0.938. The van der Waals surface area contributed by atoms with E-state index in [0.717, 1.165) is 0 Å². The van der Waals surface area contributed by atoms with E-state index in [2.05, 4.69) is 10.1 Å². The maximum absolute atomic E-state index is 12.2. The minimum Gasteiger partial charge on any atom is -0.481 e. The van der Waals surface area contributed by atoms with Gasteiger partial charge in [-0.2, -0.15) is 0 Å². The standard InChI is InChI=1S/C17H15Cl2NO4/c1-10(24-13-7-8-14(18)15(19)9-13)16(21)20-12-5-3-11(4-6-12)17(22)23-2/h3-10H,1-2H3,(H,20,21). The highest BCUT2D eigenvalue weighted by atomic mass is 35.5. The summed E-state index contributed by atoms with van der Waals surface area (Å²) in [5.74, 6) is -0.343. The number of rotatable bonds is 5. The minimum absolute atomic E-state index is 0.341. The maximum Gasteiger partial charge on any atom is 0.337 e. The zero-order valence-corrected chi connectivity index (χ0v) is 14.5. The number of hydrogen-bond acceptors (Lipinski definition) is 4. The molecule has 2 aromatic rings. The van der Waals surface area contributed by atoms with Crippen molar-refractivity contribution in [3.63, 3.8) is 0 Å². The van der Waals surface area contributed by atoms with E-state index < -0.39 is 12.1 Å². The van der Waals surface area contributed by atoms with Crippen LogP contribution >= 0.6 is 23.2 Å². The highest BCUT2D eigenvalue weighted by Crippen LogP contribution is 2.27. The number of amides is 1. The van der Waals surface area contributed by atoms with Gasteiger partial charge in [-0.25, -0.2) is 4.79 Å². The Morgan fingerprint density at radius 1 is 1.04 bits per heavy atom. The lowest BCUT2D eigenvalue weighted by atomic mass is 10.2. The lowest BCUT2D eigenvalue weighted by Crippen LogP contribution is -2.30. The quantitative estimate of drug-likeness (QED) is 0.804. The number of methoxy groups -OCH3 is 1. The lowest BCUT2D eigenvalue weighted by molar-refractivity contribution is -0.122. The second-order valence-corrected chi connectivity index (χ2v) is 5.71. The molecule has 0 aliphatic carbocycles. The Labute approximate surface area is 149 Å². The third kappa shape index (κ3) is 4.63. The number of ether oxygens (including phenoxy) is 2. The van der Waals surface area contributed by atoms with Crippen LogP contribution in [0, 0.1) is 0 Å². The number of halogens is 2. The van der Waals surface area contributed by atoms with Gasteiger partial charge in [-0.15, -0.1) is 0 Å². The summed E-state index contributed by atoms with van der Waals surface area (Å²) in [6.45, 7) is 1.61. The number of nitrogens with one attached hydrogen (secondary N) is 1. The van der Waals surface area contributed by atoms with Crippen molar-refractivity contribution in [1.29, 1.82) is 0 Å². The van der Waals surface area contributed by atoms with Gasteiger partial charge in [0.05, 0.1) is 22.7 Å². The first-order valence-corrected chi connectivity index (χ1v) is 7.77. The third-order valence-corrected chi connectivity index (χ3v) is 3.89. The van der Waals surface area contributed by atoms with Crippen molar-refractivity contribution in [3.8, 4) is 5.75 Å². The van der Waals surface area contributed by atoms with Crippen molar-refractivity contribution >= 4 is 40.8 Å². The summed E-state index contributed by atoms with van der Waals surface area (Å²) in [6, 6.07) is 11.1. The second-order valence-electron chi connectivity index (χ2n) is 4.89. The topological polar surface area (TPSA) is 64.6 Å². The Hall–Kier alpha value is -2.24. The predicted octanol–water partition coefficient (Wildman–Crippen LogP) is 4.19. The van der Waals surface area contributed by atoms with Crippen LogP contribution in [-0.2, 0) is 9.53 Å². The monoisotopic (exact) mass is 367 g/mol. The zero-order valence-electron chi connectivity index (χ0n) is 13.0. The van der Waals surface area contributed by atoms with Gasteiger partial charge in [0.2, 0.25) is 0 Å². The molecule has 5 nitrogen and oxygen atoms in total. The number of anilines is 1. The summed E-state index contributed by atoms with van der Waals surface area (Å²) < 4.78 is 10.1. The molecular formula is C17H15Cl2NO4. The first kappa shape index (κ1) is 18.1. The predicted molar refractivity (Wildman–Crippen MR) is 93.0 cm³/mol. The third-order valence-electron chi connectivity index (χ3n) is 3.15. The number of carbonyl (C=O) groups is 2. The van der Waals surface area contributed by atoms with Gasteiger partial charge in [0.15, 0.2) is 6.10 Å². The number of hydrogen-bond donors (Lipinski definition) is 1. The van der Waals surface area contributed by atoms with Gasteiger partial charge in [-0.3, -0.25) is 4.79 Å². The van der Waals surface area contributed by atoms with Crippen LogP contribution < -0.4 is 10.1 Å².